The number of carbonyl (C=O) groups is 1. The quantitative estimate of drug-likeness (QED) is 0.550. The summed E-state index contributed by atoms with van der Waals surface area (Å²) >= 11 is 0. The minimum Gasteiger partial charge on any atom is -0.343 e. The van der Waals surface area contributed by atoms with Gasteiger partial charge in [-0.3, -0.25) is 4.79 Å². The molecule has 1 amide bonds. The molecule has 0 atom stereocenters. The van der Waals surface area contributed by atoms with Gasteiger partial charge in [0.1, 0.15) is 0 Å². The van der Waals surface area contributed by atoms with Crippen LogP contribution in [0, 0.1) is 0 Å². The number of likely N-dealkylation sites (tertiary alicyclic amines) is 1. The lowest BCUT2D eigenvalue weighted by atomic mass is 9.91. The Kier molecular flexibility index (Phi) is 2.18. The molecule has 0 aliphatic carbocycles. The largest absolute Gasteiger partial charge is 0.343 e. The summed E-state index contributed by atoms with van der Waals surface area (Å²) in [5, 5.41) is 0. The van der Waals surface area contributed by atoms with E-state index in [1.165, 1.54) is 0 Å². The molecule has 11 heavy (non-hydrogen) atoms. The highest BCUT2D eigenvalue weighted by Gasteiger charge is 2.26. The third kappa shape index (κ3) is 2.19. The number of nitrogens with two attached hydrogens (primary N) is 1. The van der Waals surface area contributed by atoms with Crippen LogP contribution in [0.5, 0.6) is 0 Å². The Bertz CT molecular complexity index is 155. The van der Waals surface area contributed by atoms with E-state index in [-0.39, 0.29) is 11.4 Å². The minimum atomic E-state index is -0.0497. The van der Waals surface area contributed by atoms with Crippen LogP contribution in [0.3, 0.4) is 0 Å². The molecule has 1 aliphatic heterocycles. The van der Waals surface area contributed by atoms with Crippen molar-refractivity contribution >= 4 is 5.91 Å². The zero-order valence-electron chi connectivity index (χ0n) is 7.26. The molecule has 3 heteroatoms. The molecule has 0 aromatic rings. The van der Waals surface area contributed by atoms with Crippen molar-refractivity contribution in [3.05, 3.63) is 0 Å². The monoisotopic (exact) mass is 156 g/mol. The van der Waals surface area contributed by atoms with Crippen LogP contribution in [0.15, 0.2) is 0 Å². The van der Waals surface area contributed by atoms with Gasteiger partial charge in [0, 0.05) is 25.6 Å². The highest BCUT2D eigenvalue weighted by atomic mass is 16.2. The van der Waals surface area contributed by atoms with E-state index in [1.54, 1.807) is 6.92 Å². The van der Waals surface area contributed by atoms with E-state index in [4.69, 9.17) is 5.73 Å². The number of piperidine rings is 1. The second-order valence-electron chi connectivity index (χ2n) is 3.66. The third-order valence-corrected chi connectivity index (χ3v) is 2.35. The minimum absolute atomic E-state index is 0.0497. The van der Waals surface area contributed by atoms with Crippen molar-refractivity contribution in [2.45, 2.75) is 32.2 Å². The molecule has 1 aliphatic rings. The van der Waals surface area contributed by atoms with E-state index in [9.17, 15) is 4.79 Å². The van der Waals surface area contributed by atoms with E-state index in [1.807, 2.05) is 11.8 Å². The highest BCUT2D eigenvalue weighted by molar-refractivity contribution is 5.73. The molecule has 0 aromatic carbocycles. The van der Waals surface area contributed by atoms with Crippen molar-refractivity contribution in [1.82, 2.24) is 4.90 Å². The second-order valence-corrected chi connectivity index (χ2v) is 3.66. The van der Waals surface area contributed by atoms with Crippen LogP contribution in [0.2, 0.25) is 0 Å². The molecule has 1 saturated heterocycles. The first-order valence-corrected chi connectivity index (χ1v) is 4.06. The van der Waals surface area contributed by atoms with Crippen LogP contribution in [0.1, 0.15) is 26.7 Å². The number of rotatable bonds is 0. The summed E-state index contributed by atoms with van der Waals surface area (Å²) in [5.74, 6) is 0.167. The molecule has 1 heterocycles. The molecule has 0 bridgehead atoms. The molecule has 1 rings (SSSR count). The Labute approximate surface area is 67.5 Å². The van der Waals surface area contributed by atoms with Gasteiger partial charge >= 0.3 is 0 Å². The summed E-state index contributed by atoms with van der Waals surface area (Å²) in [6, 6.07) is 0. The number of hydrogen-bond donors (Lipinski definition) is 1. The lowest BCUT2D eigenvalue weighted by Gasteiger charge is -2.36. The maximum atomic E-state index is 10.9. The smallest absolute Gasteiger partial charge is 0.219 e. The summed E-state index contributed by atoms with van der Waals surface area (Å²) in [6.45, 7) is 5.30. The van der Waals surface area contributed by atoms with Gasteiger partial charge < -0.3 is 10.6 Å². The van der Waals surface area contributed by atoms with Crippen LogP contribution in [0.4, 0.5) is 0 Å². The number of nitrogens with zero attached hydrogens (tertiary/aromatic N) is 1. The standard InChI is InChI=1S/C8H16N2O/c1-7(11)10-5-3-8(2,9)4-6-10/h3-6,9H2,1-2H3. The van der Waals surface area contributed by atoms with E-state index in [0.717, 1.165) is 25.9 Å². The fourth-order valence-electron chi connectivity index (χ4n) is 1.33. The zero-order chi connectivity index (χ0) is 8.48. The summed E-state index contributed by atoms with van der Waals surface area (Å²) < 4.78 is 0. The summed E-state index contributed by atoms with van der Waals surface area (Å²) in [6.07, 6.45) is 1.85. The van der Waals surface area contributed by atoms with Crippen molar-refractivity contribution in [2.24, 2.45) is 5.73 Å². The van der Waals surface area contributed by atoms with Gasteiger partial charge in [-0.25, -0.2) is 0 Å². The first-order valence-electron chi connectivity index (χ1n) is 4.06. The highest BCUT2D eigenvalue weighted by Crippen LogP contribution is 2.18. The normalized spacial score (nSPS) is 23.4. The van der Waals surface area contributed by atoms with Gasteiger partial charge in [-0.15, -0.1) is 0 Å². The molecule has 0 aromatic heterocycles. The van der Waals surface area contributed by atoms with Crippen molar-refractivity contribution in [3.8, 4) is 0 Å². The molecule has 64 valence electrons. The predicted octanol–water partition coefficient (Wildman–Crippen LogP) is 0.346. The first kappa shape index (κ1) is 8.53. The second kappa shape index (κ2) is 2.81. The Hall–Kier alpha value is -0.570. The number of amides is 1. The van der Waals surface area contributed by atoms with E-state index < -0.39 is 0 Å². The van der Waals surface area contributed by atoms with Crippen LogP contribution < -0.4 is 5.73 Å². The average Bonchev–Trinajstić information content (AvgIpc) is 1.86. The van der Waals surface area contributed by atoms with Gasteiger partial charge in [-0.05, 0) is 19.8 Å². The molecule has 0 unspecified atom stereocenters. The maximum absolute atomic E-state index is 10.9. The van der Waals surface area contributed by atoms with Crippen LogP contribution >= 0.6 is 0 Å². The van der Waals surface area contributed by atoms with Crippen LogP contribution in [-0.2, 0) is 4.79 Å². The Morgan fingerprint density at radius 2 is 1.91 bits per heavy atom. The van der Waals surface area contributed by atoms with Gasteiger partial charge in [-0.1, -0.05) is 0 Å². The Balaban J connectivity index is 2.42. The summed E-state index contributed by atoms with van der Waals surface area (Å²) in [4.78, 5) is 12.8. The lowest BCUT2D eigenvalue weighted by molar-refractivity contribution is -0.130. The molecular formula is C8H16N2O. The van der Waals surface area contributed by atoms with E-state index >= 15 is 0 Å². The van der Waals surface area contributed by atoms with Crippen molar-refractivity contribution in [2.75, 3.05) is 13.1 Å². The third-order valence-electron chi connectivity index (χ3n) is 2.35. The Morgan fingerprint density at radius 1 is 1.45 bits per heavy atom. The van der Waals surface area contributed by atoms with Crippen LogP contribution in [-0.4, -0.2) is 29.4 Å². The first-order chi connectivity index (χ1) is 5.01. The van der Waals surface area contributed by atoms with Crippen LogP contribution in [0.25, 0.3) is 0 Å². The lowest BCUT2D eigenvalue weighted by Crippen LogP contribution is -2.49. The van der Waals surface area contributed by atoms with E-state index in [0.29, 0.717) is 0 Å². The fraction of sp³-hybridized carbons (Fsp3) is 0.875. The molecule has 0 spiro atoms. The fourth-order valence-corrected chi connectivity index (χ4v) is 1.33. The zero-order valence-corrected chi connectivity index (χ0v) is 7.26. The number of carbonyl (C=O) groups excluding carboxylic acids is 1. The SMILES string of the molecule is CC(=O)N1CCC(C)(N)CC1. The van der Waals surface area contributed by atoms with Gasteiger partial charge in [0.25, 0.3) is 0 Å². The van der Waals surface area contributed by atoms with Crippen molar-refractivity contribution < 1.29 is 4.79 Å². The van der Waals surface area contributed by atoms with E-state index in [2.05, 4.69) is 0 Å². The van der Waals surface area contributed by atoms with Gasteiger partial charge in [0.05, 0.1) is 0 Å². The van der Waals surface area contributed by atoms with Gasteiger partial charge in [-0.2, -0.15) is 0 Å². The molecule has 0 radical (unpaired) electrons. The summed E-state index contributed by atoms with van der Waals surface area (Å²) in [5.41, 5.74) is 5.85. The summed E-state index contributed by atoms with van der Waals surface area (Å²) in [7, 11) is 0. The number of hydrogen-bond acceptors (Lipinski definition) is 2. The van der Waals surface area contributed by atoms with Crippen molar-refractivity contribution in [3.63, 3.8) is 0 Å². The Morgan fingerprint density at radius 3 is 2.27 bits per heavy atom. The molecular weight excluding hydrogens is 140 g/mol. The van der Waals surface area contributed by atoms with Gasteiger partial charge in [0.2, 0.25) is 5.91 Å². The average molecular weight is 156 g/mol. The van der Waals surface area contributed by atoms with Crippen molar-refractivity contribution in [1.29, 1.82) is 0 Å². The maximum Gasteiger partial charge on any atom is 0.219 e. The molecule has 3 nitrogen and oxygen atoms in total. The van der Waals surface area contributed by atoms with Gasteiger partial charge in [0.15, 0.2) is 0 Å². The molecule has 0 saturated carbocycles. The topological polar surface area (TPSA) is 46.3 Å². The molecule has 1 fully saturated rings. The molecule has 2 N–H and O–H groups in total. The predicted molar refractivity (Wildman–Crippen MR) is 44.1 cm³/mol.